The monoisotopic (exact) mass is 284 g/mol. The van der Waals surface area contributed by atoms with Crippen LogP contribution in [0.15, 0.2) is 30.3 Å². The third-order valence-electron chi connectivity index (χ3n) is 2.92. The summed E-state index contributed by atoms with van der Waals surface area (Å²) in [6.45, 7) is 0.867. The van der Waals surface area contributed by atoms with E-state index in [1.807, 2.05) is 30.3 Å². The number of ether oxygens (including phenoxy) is 1. The molecule has 5 nitrogen and oxygen atoms in total. The normalized spacial score (nSPS) is 18.7. The molecule has 1 atom stereocenters. The van der Waals surface area contributed by atoms with Crippen LogP contribution in [0.5, 0.6) is 0 Å². The van der Waals surface area contributed by atoms with E-state index in [0.717, 1.165) is 5.56 Å². The average molecular weight is 285 g/mol. The Kier molecular flexibility index (Phi) is 5.79. The Morgan fingerprint density at radius 1 is 1.37 bits per heavy atom. The predicted molar refractivity (Wildman–Crippen MR) is 73.0 cm³/mol. The number of ketones is 1. The van der Waals surface area contributed by atoms with E-state index in [1.165, 1.54) is 4.90 Å². The highest BCUT2D eigenvalue weighted by atomic mass is 35.5. The van der Waals surface area contributed by atoms with Gasteiger partial charge in [-0.15, -0.1) is 12.4 Å². The lowest BCUT2D eigenvalue weighted by atomic mass is 10.1. The minimum absolute atomic E-state index is 0. The zero-order valence-electron chi connectivity index (χ0n) is 10.5. The summed E-state index contributed by atoms with van der Waals surface area (Å²) in [6, 6.07) is 8.87. The highest BCUT2D eigenvalue weighted by molar-refractivity contribution is 5.86. The fourth-order valence-corrected chi connectivity index (χ4v) is 1.84. The Bertz CT molecular complexity index is 439. The quantitative estimate of drug-likeness (QED) is 0.890. The van der Waals surface area contributed by atoms with Crippen LogP contribution in [-0.4, -0.2) is 35.9 Å². The third-order valence-corrected chi connectivity index (χ3v) is 2.92. The van der Waals surface area contributed by atoms with E-state index in [0.29, 0.717) is 13.0 Å². The van der Waals surface area contributed by atoms with Gasteiger partial charge in [-0.2, -0.15) is 0 Å². The highest BCUT2D eigenvalue weighted by Gasteiger charge is 2.27. The molecule has 0 spiro atoms. The number of hydrogen-bond donors (Lipinski definition) is 1. The van der Waals surface area contributed by atoms with Gasteiger partial charge in [-0.05, 0) is 5.56 Å². The molecule has 0 aliphatic carbocycles. The standard InChI is InChI=1S/C13H16N2O3.ClH/c14-11-8-15(7-6-12(11)16)13(17)18-9-10-4-2-1-3-5-10;/h1-5,11H,6-9,14H2;1H. The maximum atomic E-state index is 11.8. The summed E-state index contributed by atoms with van der Waals surface area (Å²) in [4.78, 5) is 24.5. The summed E-state index contributed by atoms with van der Waals surface area (Å²) in [7, 11) is 0. The van der Waals surface area contributed by atoms with Crippen molar-refractivity contribution in [3.63, 3.8) is 0 Å². The second-order valence-corrected chi connectivity index (χ2v) is 4.31. The molecule has 1 aromatic rings. The Morgan fingerprint density at radius 2 is 2.05 bits per heavy atom. The van der Waals surface area contributed by atoms with Crippen LogP contribution < -0.4 is 5.73 Å². The summed E-state index contributed by atoms with van der Waals surface area (Å²) in [5.41, 5.74) is 6.55. The van der Waals surface area contributed by atoms with E-state index in [2.05, 4.69) is 0 Å². The van der Waals surface area contributed by atoms with Crippen molar-refractivity contribution in [2.75, 3.05) is 13.1 Å². The number of piperidine rings is 1. The Morgan fingerprint density at radius 3 is 2.68 bits per heavy atom. The number of benzene rings is 1. The average Bonchev–Trinajstić information content (AvgIpc) is 2.40. The summed E-state index contributed by atoms with van der Waals surface area (Å²) in [5, 5.41) is 0. The fourth-order valence-electron chi connectivity index (χ4n) is 1.84. The van der Waals surface area contributed by atoms with Crippen LogP contribution in [-0.2, 0) is 16.1 Å². The lowest BCUT2D eigenvalue weighted by Crippen LogP contribution is -2.51. The number of amides is 1. The molecule has 1 aromatic carbocycles. The lowest BCUT2D eigenvalue weighted by molar-refractivity contribution is -0.122. The van der Waals surface area contributed by atoms with E-state index in [1.54, 1.807) is 0 Å². The smallest absolute Gasteiger partial charge is 0.410 e. The van der Waals surface area contributed by atoms with E-state index in [-0.39, 0.29) is 31.3 Å². The molecule has 0 bridgehead atoms. The minimum atomic E-state index is -0.581. The van der Waals surface area contributed by atoms with Crippen molar-refractivity contribution in [1.82, 2.24) is 4.90 Å². The van der Waals surface area contributed by atoms with Crippen LogP contribution in [0.3, 0.4) is 0 Å². The van der Waals surface area contributed by atoms with Gasteiger partial charge in [-0.3, -0.25) is 4.79 Å². The molecule has 0 aromatic heterocycles. The minimum Gasteiger partial charge on any atom is -0.445 e. The van der Waals surface area contributed by atoms with E-state index in [4.69, 9.17) is 10.5 Å². The van der Waals surface area contributed by atoms with Crippen molar-refractivity contribution in [3.8, 4) is 0 Å². The first-order valence-electron chi connectivity index (χ1n) is 5.91. The van der Waals surface area contributed by atoms with Crippen LogP contribution in [0.2, 0.25) is 0 Å². The number of hydrogen-bond acceptors (Lipinski definition) is 4. The highest BCUT2D eigenvalue weighted by Crippen LogP contribution is 2.08. The summed E-state index contributed by atoms with van der Waals surface area (Å²) >= 11 is 0. The van der Waals surface area contributed by atoms with Gasteiger partial charge in [0.2, 0.25) is 0 Å². The molecule has 19 heavy (non-hydrogen) atoms. The number of nitrogens with zero attached hydrogens (tertiary/aromatic N) is 1. The van der Waals surface area contributed by atoms with Crippen molar-refractivity contribution in [3.05, 3.63) is 35.9 Å². The van der Waals surface area contributed by atoms with Crippen molar-refractivity contribution in [2.45, 2.75) is 19.1 Å². The molecular weight excluding hydrogens is 268 g/mol. The van der Waals surface area contributed by atoms with Crippen LogP contribution in [0.1, 0.15) is 12.0 Å². The molecule has 1 fully saturated rings. The molecule has 1 heterocycles. The second-order valence-electron chi connectivity index (χ2n) is 4.31. The summed E-state index contributed by atoms with van der Waals surface area (Å²) < 4.78 is 5.17. The Balaban J connectivity index is 0.00000180. The molecule has 2 rings (SSSR count). The number of carbonyl (C=O) groups excluding carboxylic acids is 2. The largest absolute Gasteiger partial charge is 0.445 e. The van der Waals surface area contributed by atoms with Crippen molar-refractivity contribution in [2.24, 2.45) is 5.73 Å². The molecule has 1 unspecified atom stereocenters. The lowest BCUT2D eigenvalue weighted by Gasteiger charge is -2.28. The first kappa shape index (κ1) is 15.5. The number of likely N-dealkylation sites (tertiary alicyclic amines) is 1. The summed E-state index contributed by atoms with van der Waals surface area (Å²) in [5.74, 6) is 0.00195. The number of rotatable bonds is 2. The molecule has 6 heteroatoms. The van der Waals surface area contributed by atoms with Gasteiger partial charge in [0.1, 0.15) is 6.61 Å². The third kappa shape index (κ3) is 4.22. The van der Waals surface area contributed by atoms with E-state index < -0.39 is 12.1 Å². The maximum absolute atomic E-state index is 11.8. The van der Waals surface area contributed by atoms with Crippen LogP contribution in [0.4, 0.5) is 4.79 Å². The molecule has 1 aliphatic heterocycles. The second kappa shape index (κ2) is 7.11. The number of nitrogens with two attached hydrogens (primary N) is 1. The van der Waals surface area contributed by atoms with Crippen LogP contribution >= 0.6 is 12.4 Å². The van der Waals surface area contributed by atoms with Gasteiger partial charge < -0.3 is 15.4 Å². The van der Waals surface area contributed by atoms with Crippen molar-refractivity contribution >= 4 is 24.3 Å². The van der Waals surface area contributed by atoms with Gasteiger partial charge in [0.05, 0.1) is 6.04 Å². The molecule has 1 amide bonds. The van der Waals surface area contributed by atoms with Crippen molar-refractivity contribution in [1.29, 1.82) is 0 Å². The Labute approximate surface area is 118 Å². The molecule has 1 saturated heterocycles. The Hall–Kier alpha value is -1.59. The van der Waals surface area contributed by atoms with Gasteiger partial charge in [0.15, 0.2) is 5.78 Å². The van der Waals surface area contributed by atoms with E-state index in [9.17, 15) is 9.59 Å². The maximum Gasteiger partial charge on any atom is 0.410 e. The van der Waals surface area contributed by atoms with Gasteiger partial charge in [-0.1, -0.05) is 30.3 Å². The van der Waals surface area contributed by atoms with Crippen LogP contribution in [0.25, 0.3) is 0 Å². The van der Waals surface area contributed by atoms with Crippen molar-refractivity contribution < 1.29 is 14.3 Å². The molecule has 2 N–H and O–H groups in total. The molecule has 0 saturated carbocycles. The molecule has 104 valence electrons. The molecular formula is C13H17ClN2O3. The molecule has 1 aliphatic rings. The SMILES string of the molecule is Cl.NC1CN(C(=O)OCc2ccccc2)CCC1=O. The van der Waals surface area contributed by atoms with Crippen LogP contribution in [0, 0.1) is 0 Å². The zero-order valence-corrected chi connectivity index (χ0v) is 11.3. The predicted octanol–water partition coefficient (Wildman–Crippen LogP) is 1.35. The number of carbonyl (C=O) groups is 2. The zero-order chi connectivity index (χ0) is 13.0. The number of halogens is 1. The van der Waals surface area contributed by atoms with E-state index >= 15 is 0 Å². The molecule has 0 radical (unpaired) electrons. The first-order chi connectivity index (χ1) is 8.66. The van der Waals surface area contributed by atoms with Gasteiger partial charge >= 0.3 is 6.09 Å². The van der Waals surface area contributed by atoms with Gasteiger partial charge in [0.25, 0.3) is 0 Å². The fraction of sp³-hybridized carbons (Fsp3) is 0.385. The van der Waals surface area contributed by atoms with Gasteiger partial charge in [0, 0.05) is 19.5 Å². The topological polar surface area (TPSA) is 72.6 Å². The first-order valence-corrected chi connectivity index (χ1v) is 5.91. The summed E-state index contributed by atoms with van der Waals surface area (Å²) in [6.07, 6.45) is -0.108. The number of Topliss-reactive ketones (excluding diaryl/α,β-unsaturated/α-hetero) is 1. The van der Waals surface area contributed by atoms with Gasteiger partial charge in [-0.25, -0.2) is 4.79 Å².